The highest BCUT2D eigenvalue weighted by Crippen LogP contribution is 2.28. The van der Waals surface area contributed by atoms with Crippen LogP contribution >= 0.6 is 11.6 Å². The molecule has 0 saturated carbocycles. The van der Waals surface area contributed by atoms with E-state index in [1.807, 2.05) is 12.1 Å². The van der Waals surface area contributed by atoms with E-state index >= 15 is 0 Å². The summed E-state index contributed by atoms with van der Waals surface area (Å²) in [6, 6.07) is 10.4. The van der Waals surface area contributed by atoms with Gasteiger partial charge in [0.05, 0.1) is 5.02 Å². The third-order valence-electron chi connectivity index (χ3n) is 2.84. The fraction of sp³-hybridized carbons (Fsp3) is 0.0714. The van der Waals surface area contributed by atoms with Crippen LogP contribution in [0.2, 0.25) is 5.02 Å². The van der Waals surface area contributed by atoms with E-state index in [4.69, 9.17) is 16.0 Å². The highest BCUT2D eigenvalue weighted by Gasteiger charge is 2.19. The van der Waals surface area contributed by atoms with Crippen LogP contribution in [0.25, 0.3) is 11.3 Å². The molecule has 0 fully saturated rings. The molecule has 0 spiro atoms. The second-order valence-electron chi connectivity index (χ2n) is 4.31. The molecule has 0 bridgehead atoms. The quantitative estimate of drug-likeness (QED) is 0.887. The van der Waals surface area contributed by atoms with Crippen molar-refractivity contribution in [2.75, 3.05) is 6.54 Å². The van der Waals surface area contributed by atoms with E-state index in [2.05, 4.69) is 15.6 Å². The van der Waals surface area contributed by atoms with Gasteiger partial charge < -0.3 is 4.42 Å². The lowest BCUT2D eigenvalue weighted by Crippen LogP contribution is -2.39. The molecule has 0 unspecified atom stereocenters. The molecule has 0 atom stereocenters. The number of guanidine groups is 1. The topological polar surface area (TPSA) is 83.7 Å². The molecule has 2 heterocycles. The van der Waals surface area contributed by atoms with Gasteiger partial charge in [0.15, 0.2) is 5.76 Å². The standard InChI is InChI=1S/C14H10ClN3O3/c15-9-4-2-1-3-8(9)10-5-6-11(21-10)13(20)18-14-16-7-12(19)17-14/h1-6H,7H2,(H2,16,17,18,19,20). The zero-order valence-electron chi connectivity index (χ0n) is 10.7. The van der Waals surface area contributed by atoms with E-state index in [9.17, 15) is 9.59 Å². The van der Waals surface area contributed by atoms with E-state index in [1.165, 1.54) is 6.07 Å². The molecule has 1 aliphatic heterocycles. The Bertz CT molecular complexity index is 751. The first kappa shape index (κ1) is 13.4. The van der Waals surface area contributed by atoms with Crippen LogP contribution in [-0.4, -0.2) is 24.3 Å². The molecule has 1 aromatic heterocycles. The molecule has 6 nitrogen and oxygen atoms in total. The van der Waals surface area contributed by atoms with Gasteiger partial charge >= 0.3 is 0 Å². The van der Waals surface area contributed by atoms with E-state index in [0.717, 1.165) is 0 Å². The minimum Gasteiger partial charge on any atom is -0.451 e. The summed E-state index contributed by atoms with van der Waals surface area (Å²) in [5.74, 6) is -0.0339. The molecule has 1 aromatic carbocycles. The number of hydrogen-bond acceptors (Lipinski definition) is 4. The van der Waals surface area contributed by atoms with Crippen molar-refractivity contribution in [3.8, 4) is 11.3 Å². The molecule has 2 amide bonds. The van der Waals surface area contributed by atoms with Crippen LogP contribution in [0, 0.1) is 0 Å². The molecule has 7 heteroatoms. The van der Waals surface area contributed by atoms with Gasteiger partial charge in [0, 0.05) is 5.56 Å². The van der Waals surface area contributed by atoms with Crippen molar-refractivity contribution in [3.05, 3.63) is 47.2 Å². The number of benzene rings is 1. The van der Waals surface area contributed by atoms with Crippen LogP contribution in [0.3, 0.4) is 0 Å². The van der Waals surface area contributed by atoms with Gasteiger partial charge in [0.25, 0.3) is 5.91 Å². The van der Waals surface area contributed by atoms with Gasteiger partial charge in [0.2, 0.25) is 11.9 Å². The SMILES string of the molecule is O=C1CN=C(NC(=O)c2ccc(-c3ccccc3Cl)o2)N1. The van der Waals surface area contributed by atoms with Gasteiger partial charge in [0.1, 0.15) is 12.3 Å². The number of rotatable bonds is 2. The molecule has 106 valence electrons. The third kappa shape index (κ3) is 2.80. The molecule has 1 aliphatic rings. The summed E-state index contributed by atoms with van der Waals surface area (Å²) in [4.78, 5) is 26.8. The van der Waals surface area contributed by atoms with Gasteiger partial charge in [-0.05, 0) is 24.3 Å². The van der Waals surface area contributed by atoms with Gasteiger partial charge in [-0.25, -0.2) is 4.99 Å². The maximum atomic E-state index is 12.0. The van der Waals surface area contributed by atoms with Crippen molar-refractivity contribution in [1.82, 2.24) is 10.6 Å². The Morgan fingerprint density at radius 3 is 2.81 bits per heavy atom. The molecule has 2 N–H and O–H groups in total. The van der Waals surface area contributed by atoms with E-state index < -0.39 is 5.91 Å². The molecule has 0 saturated heterocycles. The maximum Gasteiger partial charge on any atom is 0.293 e. The van der Waals surface area contributed by atoms with Crippen molar-refractivity contribution in [1.29, 1.82) is 0 Å². The summed E-state index contributed by atoms with van der Waals surface area (Å²) < 4.78 is 5.49. The van der Waals surface area contributed by atoms with Crippen LogP contribution in [0.15, 0.2) is 45.8 Å². The van der Waals surface area contributed by atoms with Gasteiger partial charge in [-0.3, -0.25) is 20.2 Å². The monoisotopic (exact) mass is 303 g/mol. The lowest BCUT2D eigenvalue weighted by molar-refractivity contribution is -0.117. The van der Waals surface area contributed by atoms with Crippen molar-refractivity contribution < 1.29 is 14.0 Å². The first-order valence-electron chi connectivity index (χ1n) is 6.14. The van der Waals surface area contributed by atoms with Crippen LogP contribution < -0.4 is 10.6 Å². The molecule has 3 rings (SSSR count). The molecular weight excluding hydrogens is 294 g/mol. The zero-order valence-corrected chi connectivity index (χ0v) is 11.5. The average Bonchev–Trinajstić information content (AvgIpc) is 3.09. The molecule has 0 aliphatic carbocycles. The van der Waals surface area contributed by atoms with Crippen LogP contribution in [-0.2, 0) is 4.79 Å². The fourth-order valence-corrected chi connectivity index (χ4v) is 2.10. The molecule has 2 aromatic rings. The lowest BCUT2D eigenvalue weighted by Gasteiger charge is -2.02. The summed E-state index contributed by atoms with van der Waals surface area (Å²) >= 11 is 6.07. The number of aliphatic imine (C=N–C) groups is 1. The summed E-state index contributed by atoms with van der Waals surface area (Å²) in [5.41, 5.74) is 0.699. The normalized spacial score (nSPS) is 13.8. The smallest absolute Gasteiger partial charge is 0.293 e. The number of carbonyl (C=O) groups is 2. The first-order chi connectivity index (χ1) is 10.1. The van der Waals surface area contributed by atoms with Crippen LogP contribution in [0.1, 0.15) is 10.6 Å². The van der Waals surface area contributed by atoms with Crippen LogP contribution in [0.5, 0.6) is 0 Å². The van der Waals surface area contributed by atoms with E-state index in [0.29, 0.717) is 16.3 Å². The average molecular weight is 304 g/mol. The summed E-state index contributed by atoms with van der Waals surface area (Å²) in [6.07, 6.45) is 0. The number of nitrogens with one attached hydrogen (secondary N) is 2. The Morgan fingerprint density at radius 1 is 1.29 bits per heavy atom. The molecule has 21 heavy (non-hydrogen) atoms. The number of furan rings is 1. The predicted molar refractivity (Wildman–Crippen MR) is 77.1 cm³/mol. The number of amides is 2. The largest absolute Gasteiger partial charge is 0.451 e. The van der Waals surface area contributed by atoms with Gasteiger partial charge in [-0.1, -0.05) is 23.7 Å². The van der Waals surface area contributed by atoms with Crippen molar-refractivity contribution in [3.63, 3.8) is 0 Å². The first-order valence-corrected chi connectivity index (χ1v) is 6.51. The second-order valence-corrected chi connectivity index (χ2v) is 4.72. The minimum atomic E-state index is -0.491. The second kappa shape index (κ2) is 5.41. The van der Waals surface area contributed by atoms with Crippen LogP contribution in [0.4, 0.5) is 0 Å². The Balaban J connectivity index is 1.77. The Morgan fingerprint density at radius 2 is 2.10 bits per heavy atom. The highest BCUT2D eigenvalue weighted by atomic mass is 35.5. The lowest BCUT2D eigenvalue weighted by atomic mass is 10.2. The summed E-state index contributed by atoms with van der Waals surface area (Å²) in [6.45, 7) is 0.0125. The number of hydrogen-bond donors (Lipinski definition) is 2. The van der Waals surface area contributed by atoms with Crippen molar-refractivity contribution in [2.45, 2.75) is 0 Å². The fourth-order valence-electron chi connectivity index (χ4n) is 1.87. The molecule has 0 radical (unpaired) electrons. The predicted octanol–water partition coefficient (Wildman–Crippen LogP) is 1.82. The summed E-state index contributed by atoms with van der Waals surface area (Å²) in [5, 5.41) is 5.41. The van der Waals surface area contributed by atoms with Gasteiger partial charge in [-0.15, -0.1) is 0 Å². The zero-order chi connectivity index (χ0) is 14.8. The van der Waals surface area contributed by atoms with E-state index in [-0.39, 0.29) is 24.2 Å². The number of nitrogens with zero attached hydrogens (tertiary/aromatic N) is 1. The Kier molecular flexibility index (Phi) is 3.45. The van der Waals surface area contributed by atoms with E-state index in [1.54, 1.807) is 18.2 Å². The number of halogens is 1. The van der Waals surface area contributed by atoms with Crippen molar-refractivity contribution in [2.24, 2.45) is 4.99 Å². The van der Waals surface area contributed by atoms with Gasteiger partial charge in [-0.2, -0.15) is 0 Å². The highest BCUT2D eigenvalue weighted by molar-refractivity contribution is 6.33. The summed E-state index contributed by atoms with van der Waals surface area (Å²) in [7, 11) is 0. The van der Waals surface area contributed by atoms with Crippen molar-refractivity contribution >= 4 is 29.4 Å². The number of carbonyl (C=O) groups excluding carboxylic acids is 2. The maximum absolute atomic E-state index is 12.0. The minimum absolute atomic E-state index is 0.0125. The Labute approximate surface area is 124 Å². The Hall–Kier alpha value is -2.60. The third-order valence-corrected chi connectivity index (χ3v) is 3.17. The molecular formula is C14H10ClN3O3.